The maximum atomic E-state index is 12.2. The van der Waals surface area contributed by atoms with Crippen LogP contribution in [-0.4, -0.2) is 11.8 Å². The van der Waals surface area contributed by atoms with Crippen LogP contribution in [0.3, 0.4) is 0 Å². The van der Waals surface area contributed by atoms with Crippen molar-refractivity contribution in [1.29, 1.82) is 5.26 Å². The molecule has 0 spiro atoms. The van der Waals surface area contributed by atoms with E-state index in [1.165, 1.54) is 6.07 Å². The van der Waals surface area contributed by atoms with Crippen LogP contribution in [-0.2, 0) is 11.4 Å². The van der Waals surface area contributed by atoms with Gasteiger partial charge in [0.1, 0.15) is 23.5 Å². The number of amides is 2. The fourth-order valence-corrected chi connectivity index (χ4v) is 2.91. The molecule has 0 unspecified atom stereocenters. The van der Waals surface area contributed by atoms with Crippen molar-refractivity contribution >= 4 is 11.8 Å². The van der Waals surface area contributed by atoms with E-state index in [0.717, 1.165) is 12.8 Å². The number of nitrogens with zero attached hydrogens (tertiary/aromatic N) is 1. The third kappa shape index (κ3) is 3.86. The molecule has 1 aliphatic carbocycles. The van der Waals surface area contributed by atoms with Gasteiger partial charge in [-0.3, -0.25) is 20.4 Å². The van der Waals surface area contributed by atoms with Gasteiger partial charge >= 0.3 is 5.91 Å². The van der Waals surface area contributed by atoms with Gasteiger partial charge in [-0.2, -0.15) is 5.26 Å². The molecule has 7 nitrogen and oxygen atoms in total. The summed E-state index contributed by atoms with van der Waals surface area (Å²) in [6.07, 6.45) is 2.68. The van der Waals surface area contributed by atoms with Gasteiger partial charge in [-0.25, -0.2) is 0 Å². The number of para-hydroxylation sites is 1. The molecular formula is C19H19N3O4. The van der Waals surface area contributed by atoms with E-state index in [2.05, 4.69) is 16.9 Å². The Kier molecular flexibility index (Phi) is 5.23. The van der Waals surface area contributed by atoms with Crippen LogP contribution in [0.1, 0.15) is 42.0 Å². The number of ether oxygens (including phenoxy) is 1. The first kappa shape index (κ1) is 17.5. The Bertz CT molecular complexity index is 817. The molecule has 1 aromatic heterocycles. The second-order valence-electron chi connectivity index (χ2n) is 6.18. The molecule has 2 N–H and O–H groups in total. The summed E-state index contributed by atoms with van der Waals surface area (Å²) >= 11 is 0. The Morgan fingerprint density at radius 2 is 1.85 bits per heavy atom. The highest BCUT2D eigenvalue weighted by Crippen LogP contribution is 2.37. The maximum Gasteiger partial charge on any atom is 0.305 e. The van der Waals surface area contributed by atoms with E-state index in [1.807, 2.05) is 30.3 Å². The van der Waals surface area contributed by atoms with E-state index >= 15 is 0 Å². The molecule has 1 aromatic carbocycles. The molecule has 0 bridgehead atoms. The minimum atomic E-state index is -1.05. The van der Waals surface area contributed by atoms with Crippen molar-refractivity contribution in [3.8, 4) is 11.8 Å². The first-order chi connectivity index (χ1) is 12.6. The Morgan fingerprint density at radius 3 is 2.54 bits per heavy atom. The van der Waals surface area contributed by atoms with E-state index in [4.69, 9.17) is 9.15 Å². The number of hydrazine groups is 1. The van der Waals surface area contributed by atoms with Crippen LogP contribution in [0.2, 0.25) is 0 Å². The van der Waals surface area contributed by atoms with Crippen molar-refractivity contribution in [1.82, 2.24) is 10.9 Å². The van der Waals surface area contributed by atoms with Gasteiger partial charge in [0.25, 0.3) is 5.91 Å². The molecule has 1 saturated carbocycles. The lowest BCUT2D eigenvalue weighted by atomic mass is 9.87. The van der Waals surface area contributed by atoms with Crippen LogP contribution >= 0.6 is 0 Å². The second kappa shape index (κ2) is 7.74. The summed E-state index contributed by atoms with van der Waals surface area (Å²) in [7, 11) is 0. The Labute approximate surface area is 150 Å². The van der Waals surface area contributed by atoms with Crippen LogP contribution in [0, 0.1) is 16.7 Å². The predicted octanol–water partition coefficient (Wildman–Crippen LogP) is 2.70. The lowest BCUT2D eigenvalue weighted by Crippen LogP contribution is -2.48. The SMILES string of the molecule is N#CC1(C(=O)NNC(=O)c2ccc(COc3ccccc3)o2)CCCC1. The molecule has 3 rings (SSSR count). The number of carbonyl (C=O) groups excluding carboxylic acids is 2. The van der Waals surface area contributed by atoms with Crippen molar-refractivity contribution in [2.75, 3.05) is 0 Å². The molecule has 134 valence electrons. The fourth-order valence-electron chi connectivity index (χ4n) is 2.91. The Balaban J connectivity index is 1.52. The van der Waals surface area contributed by atoms with Gasteiger partial charge in [0.15, 0.2) is 5.76 Å². The topological polar surface area (TPSA) is 104 Å². The van der Waals surface area contributed by atoms with Crippen molar-refractivity contribution in [3.05, 3.63) is 54.0 Å². The summed E-state index contributed by atoms with van der Waals surface area (Å²) in [6, 6.07) is 14.5. The lowest BCUT2D eigenvalue weighted by molar-refractivity contribution is -0.128. The highest BCUT2D eigenvalue weighted by Gasteiger charge is 2.41. The first-order valence-corrected chi connectivity index (χ1v) is 8.41. The number of hydrogen-bond acceptors (Lipinski definition) is 5. The standard InChI is InChI=1S/C19H19N3O4/c20-13-19(10-4-5-11-19)18(24)22-21-17(23)16-9-8-15(26-16)12-25-14-6-2-1-3-7-14/h1-3,6-9H,4-5,10-12H2,(H,21,23)(H,22,24). The fraction of sp³-hybridized carbons (Fsp3) is 0.316. The molecular weight excluding hydrogens is 334 g/mol. The molecule has 1 fully saturated rings. The van der Waals surface area contributed by atoms with Crippen molar-refractivity contribution in [3.63, 3.8) is 0 Å². The van der Waals surface area contributed by atoms with E-state index < -0.39 is 17.2 Å². The van der Waals surface area contributed by atoms with Gasteiger partial charge in [-0.1, -0.05) is 31.0 Å². The zero-order valence-corrected chi connectivity index (χ0v) is 14.2. The minimum absolute atomic E-state index is 0.0504. The minimum Gasteiger partial charge on any atom is -0.486 e. The summed E-state index contributed by atoms with van der Waals surface area (Å²) in [5, 5.41) is 9.27. The molecule has 0 atom stereocenters. The Hall–Kier alpha value is -3.27. The maximum absolute atomic E-state index is 12.2. The largest absolute Gasteiger partial charge is 0.486 e. The first-order valence-electron chi connectivity index (χ1n) is 8.41. The van der Waals surface area contributed by atoms with E-state index in [-0.39, 0.29) is 12.4 Å². The van der Waals surface area contributed by atoms with Gasteiger partial charge in [0, 0.05) is 0 Å². The van der Waals surface area contributed by atoms with Gasteiger partial charge in [0.2, 0.25) is 0 Å². The smallest absolute Gasteiger partial charge is 0.305 e. The molecule has 1 heterocycles. The number of benzene rings is 1. The molecule has 26 heavy (non-hydrogen) atoms. The summed E-state index contributed by atoms with van der Waals surface area (Å²) < 4.78 is 11.0. The zero-order chi connectivity index (χ0) is 18.4. The van der Waals surface area contributed by atoms with Crippen LogP contribution < -0.4 is 15.6 Å². The van der Waals surface area contributed by atoms with Crippen molar-refractivity contribution in [2.24, 2.45) is 5.41 Å². The van der Waals surface area contributed by atoms with E-state index in [1.54, 1.807) is 6.07 Å². The highest BCUT2D eigenvalue weighted by molar-refractivity contribution is 5.94. The second-order valence-corrected chi connectivity index (χ2v) is 6.18. The van der Waals surface area contributed by atoms with E-state index in [0.29, 0.717) is 24.4 Å². The highest BCUT2D eigenvalue weighted by atomic mass is 16.5. The third-order valence-electron chi connectivity index (χ3n) is 4.41. The molecule has 2 amide bonds. The summed E-state index contributed by atoms with van der Waals surface area (Å²) in [6.45, 7) is 0.182. The zero-order valence-electron chi connectivity index (χ0n) is 14.2. The van der Waals surface area contributed by atoms with Crippen LogP contribution in [0.4, 0.5) is 0 Å². The normalized spacial score (nSPS) is 15.0. The average molecular weight is 353 g/mol. The average Bonchev–Trinajstić information content (AvgIpc) is 3.35. The van der Waals surface area contributed by atoms with Crippen molar-refractivity contribution in [2.45, 2.75) is 32.3 Å². The predicted molar refractivity (Wildman–Crippen MR) is 91.6 cm³/mol. The molecule has 0 saturated heterocycles. The van der Waals surface area contributed by atoms with Gasteiger partial charge < -0.3 is 9.15 Å². The molecule has 0 aliphatic heterocycles. The van der Waals surface area contributed by atoms with Crippen LogP contribution in [0.25, 0.3) is 0 Å². The summed E-state index contributed by atoms with van der Waals surface area (Å²) in [5.41, 5.74) is 3.58. The van der Waals surface area contributed by atoms with Gasteiger partial charge in [-0.15, -0.1) is 0 Å². The number of carbonyl (C=O) groups is 2. The number of nitriles is 1. The van der Waals surface area contributed by atoms with Gasteiger partial charge in [0.05, 0.1) is 6.07 Å². The molecule has 1 aliphatic rings. The molecule has 0 radical (unpaired) electrons. The molecule has 7 heteroatoms. The summed E-state index contributed by atoms with van der Waals surface area (Å²) in [5.74, 6) is 0.157. The number of hydrogen-bond donors (Lipinski definition) is 2. The quantitative estimate of drug-likeness (QED) is 0.804. The van der Waals surface area contributed by atoms with Crippen LogP contribution in [0.15, 0.2) is 46.9 Å². The Morgan fingerprint density at radius 1 is 1.12 bits per heavy atom. The van der Waals surface area contributed by atoms with E-state index in [9.17, 15) is 14.9 Å². The summed E-state index contributed by atoms with van der Waals surface area (Å²) in [4.78, 5) is 24.3. The van der Waals surface area contributed by atoms with Gasteiger partial charge in [-0.05, 0) is 37.1 Å². The third-order valence-corrected chi connectivity index (χ3v) is 4.41. The van der Waals surface area contributed by atoms with Crippen LogP contribution in [0.5, 0.6) is 5.75 Å². The number of rotatable bonds is 5. The van der Waals surface area contributed by atoms with Crippen molar-refractivity contribution < 1.29 is 18.7 Å². The monoisotopic (exact) mass is 353 g/mol. The molecule has 2 aromatic rings. The number of furan rings is 1. The lowest BCUT2D eigenvalue weighted by Gasteiger charge is -2.19. The number of nitrogens with one attached hydrogen (secondary N) is 2.